The van der Waals surface area contributed by atoms with Crippen LogP contribution in [-0.4, -0.2) is 36.0 Å². The van der Waals surface area contributed by atoms with E-state index in [1.54, 1.807) is 48.5 Å². The Morgan fingerprint density at radius 3 is 2.45 bits per heavy atom. The molecule has 0 radical (unpaired) electrons. The van der Waals surface area contributed by atoms with E-state index in [9.17, 15) is 19.2 Å². The van der Waals surface area contributed by atoms with Crippen molar-refractivity contribution >= 4 is 51.5 Å². The summed E-state index contributed by atoms with van der Waals surface area (Å²) in [5.74, 6) is -1.79. The number of halogens is 1. The Morgan fingerprint density at radius 1 is 1.10 bits per heavy atom. The van der Waals surface area contributed by atoms with Gasteiger partial charge in [-0.25, -0.2) is 14.5 Å². The van der Waals surface area contributed by atoms with E-state index in [2.05, 4.69) is 27.8 Å². The van der Waals surface area contributed by atoms with E-state index < -0.39 is 23.8 Å². The third-order valence-electron chi connectivity index (χ3n) is 6.13. The predicted molar refractivity (Wildman–Crippen MR) is 153 cm³/mol. The van der Waals surface area contributed by atoms with Crippen LogP contribution in [0.4, 0.5) is 10.5 Å². The van der Waals surface area contributed by atoms with Crippen LogP contribution in [-0.2, 0) is 22.6 Å². The number of carbonyl (C=O) groups excluding carboxylic acids is 3. The maximum absolute atomic E-state index is 13.4. The second kappa shape index (κ2) is 12.0. The molecule has 0 aromatic heterocycles. The normalized spacial score (nSPS) is 14.2. The van der Waals surface area contributed by atoms with Gasteiger partial charge in [0.25, 0.3) is 11.8 Å². The highest BCUT2D eigenvalue weighted by atomic mass is 79.9. The summed E-state index contributed by atoms with van der Waals surface area (Å²) in [5, 5.41) is 11.3. The van der Waals surface area contributed by atoms with Crippen LogP contribution in [0.3, 0.4) is 0 Å². The number of imide groups is 2. The molecule has 40 heavy (non-hydrogen) atoms. The summed E-state index contributed by atoms with van der Waals surface area (Å²) < 4.78 is 12.4. The Kier molecular flexibility index (Phi) is 8.49. The lowest BCUT2D eigenvalue weighted by Crippen LogP contribution is -2.54. The number of nitrogens with zero attached hydrogens (tertiary/aromatic N) is 1. The number of carboxylic acids is 1. The zero-order valence-electron chi connectivity index (χ0n) is 21.7. The highest BCUT2D eigenvalue weighted by molar-refractivity contribution is 9.10. The largest absolute Gasteiger partial charge is 0.493 e. The van der Waals surface area contributed by atoms with E-state index >= 15 is 0 Å². The summed E-state index contributed by atoms with van der Waals surface area (Å²) in [6.07, 6.45) is 3.46. The minimum absolute atomic E-state index is 0.144. The first-order chi connectivity index (χ1) is 19.1. The Labute approximate surface area is 238 Å². The van der Waals surface area contributed by atoms with Crippen LogP contribution in [0.2, 0.25) is 0 Å². The van der Waals surface area contributed by atoms with E-state index in [0.29, 0.717) is 34.7 Å². The van der Waals surface area contributed by atoms with Crippen molar-refractivity contribution in [2.24, 2.45) is 0 Å². The number of hydrogen-bond acceptors (Lipinski definition) is 6. The number of methoxy groups -OCH3 is 1. The second-order valence-corrected chi connectivity index (χ2v) is 9.74. The fourth-order valence-electron chi connectivity index (χ4n) is 4.12. The molecular weight excluding hydrogens is 580 g/mol. The maximum Gasteiger partial charge on any atom is 0.335 e. The van der Waals surface area contributed by atoms with Gasteiger partial charge in [0.15, 0.2) is 11.5 Å². The van der Waals surface area contributed by atoms with Gasteiger partial charge in [0, 0.05) is 10.0 Å². The SMILES string of the molecule is C=CCc1cc(/C=C2\C(=O)NC(=O)N(c3ccc(Br)c(C)c3)C2=O)cc(OC)c1OCc1ccc(C(=O)O)cc1. The van der Waals surface area contributed by atoms with Gasteiger partial charge in [0.1, 0.15) is 12.2 Å². The number of barbiturate groups is 1. The van der Waals surface area contributed by atoms with Crippen LogP contribution in [0.15, 0.2) is 77.3 Å². The van der Waals surface area contributed by atoms with Crippen molar-refractivity contribution in [2.75, 3.05) is 12.0 Å². The molecule has 1 saturated heterocycles. The Hall–Kier alpha value is -4.70. The number of anilines is 1. The first-order valence-corrected chi connectivity index (χ1v) is 12.9. The summed E-state index contributed by atoms with van der Waals surface area (Å²) in [5.41, 5.74) is 3.00. The fraction of sp³-hybridized carbons (Fsp3) is 0.133. The third kappa shape index (κ3) is 5.97. The average Bonchev–Trinajstić information content (AvgIpc) is 2.92. The molecule has 0 spiro atoms. The number of allylic oxidation sites excluding steroid dienone is 1. The standard InChI is InChI=1S/C30H25BrN2O7/c1-4-5-21-13-19(15-25(39-3)26(21)40-16-18-6-8-20(9-7-18)29(36)37)14-23-27(34)32-30(38)33(28(23)35)22-10-11-24(31)17(2)12-22/h4,6-15H,1,5,16H2,2-3H3,(H,36,37)(H,32,34,38)/b23-14+. The maximum atomic E-state index is 13.4. The van der Waals surface area contributed by atoms with Crippen LogP contribution in [0.25, 0.3) is 6.08 Å². The van der Waals surface area contributed by atoms with Gasteiger partial charge in [-0.1, -0.05) is 34.1 Å². The molecule has 1 aliphatic rings. The zero-order valence-corrected chi connectivity index (χ0v) is 23.3. The van der Waals surface area contributed by atoms with Gasteiger partial charge in [0.05, 0.1) is 18.4 Å². The van der Waals surface area contributed by atoms with Crippen LogP contribution in [0.5, 0.6) is 11.5 Å². The summed E-state index contributed by atoms with van der Waals surface area (Å²) in [6, 6.07) is 13.8. The molecular formula is C30H25BrN2O7. The van der Waals surface area contributed by atoms with Gasteiger partial charge in [-0.3, -0.25) is 14.9 Å². The molecule has 1 aliphatic heterocycles. The molecule has 0 atom stereocenters. The van der Waals surface area contributed by atoms with Gasteiger partial charge < -0.3 is 14.6 Å². The molecule has 0 aliphatic carbocycles. The number of ether oxygens (including phenoxy) is 2. The number of hydrogen-bond donors (Lipinski definition) is 2. The number of carboxylic acid groups (broad SMARTS) is 1. The lowest BCUT2D eigenvalue weighted by molar-refractivity contribution is -0.122. The van der Waals surface area contributed by atoms with Gasteiger partial charge in [-0.2, -0.15) is 0 Å². The molecule has 1 heterocycles. The number of aryl methyl sites for hydroxylation is 1. The van der Waals surface area contributed by atoms with Gasteiger partial charge in [-0.05, 0) is 78.6 Å². The molecule has 0 unspecified atom stereocenters. The molecule has 10 heteroatoms. The van der Waals surface area contributed by atoms with Crippen molar-refractivity contribution in [1.29, 1.82) is 0 Å². The first-order valence-electron chi connectivity index (χ1n) is 12.1. The quantitative estimate of drug-likeness (QED) is 0.189. The average molecular weight is 605 g/mol. The smallest absolute Gasteiger partial charge is 0.335 e. The van der Waals surface area contributed by atoms with Gasteiger partial charge in [-0.15, -0.1) is 6.58 Å². The lowest BCUT2D eigenvalue weighted by atomic mass is 10.0. The fourth-order valence-corrected chi connectivity index (χ4v) is 4.36. The molecule has 0 bridgehead atoms. The molecule has 9 nitrogen and oxygen atoms in total. The van der Waals surface area contributed by atoms with E-state index in [1.807, 2.05) is 6.92 Å². The topological polar surface area (TPSA) is 122 Å². The van der Waals surface area contributed by atoms with Crippen LogP contribution in [0, 0.1) is 6.92 Å². The highest BCUT2D eigenvalue weighted by Gasteiger charge is 2.37. The molecule has 3 aromatic rings. The van der Waals surface area contributed by atoms with Crippen molar-refractivity contribution in [3.63, 3.8) is 0 Å². The predicted octanol–water partition coefficient (Wildman–Crippen LogP) is 5.44. The van der Waals surface area contributed by atoms with Crippen molar-refractivity contribution in [3.8, 4) is 11.5 Å². The Balaban J connectivity index is 1.67. The van der Waals surface area contributed by atoms with Crippen molar-refractivity contribution in [2.45, 2.75) is 20.0 Å². The van der Waals surface area contributed by atoms with E-state index in [1.165, 1.54) is 25.3 Å². The summed E-state index contributed by atoms with van der Waals surface area (Å²) in [6.45, 7) is 5.77. The summed E-state index contributed by atoms with van der Waals surface area (Å²) in [7, 11) is 1.47. The molecule has 0 saturated carbocycles. The first kappa shape index (κ1) is 28.3. The van der Waals surface area contributed by atoms with Crippen molar-refractivity contribution < 1.29 is 33.8 Å². The summed E-state index contributed by atoms with van der Waals surface area (Å²) in [4.78, 5) is 50.7. The molecule has 4 rings (SSSR count). The van der Waals surface area contributed by atoms with E-state index in [4.69, 9.17) is 14.6 Å². The molecule has 2 N–H and O–H groups in total. The van der Waals surface area contributed by atoms with E-state index in [-0.39, 0.29) is 17.7 Å². The lowest BCUT2D eigenvalue weighted by Gasteiger charge is -2.27. The number of aromatic carboxylic acids is 1. The molecule has 4 amide bonds. The van der Waals surface area contributed by atoms with E-state index in [0.717, 1.165) is 20.5 Å². The minimum Gasteiger partial charge on any atom is -0.493 e. The molecule has 204 valence electrons. The van der Waals surface area contributed by atoms with Crippen molar-refractivity contribution in [3.05, 3.63) is 105 Å². The van der Waals surface area contributed by atoms with Crippen LogP contribution in [0.1, 0.15) is 32.6 Å². The van der Waals surface area contributed by atoms with Crippen molar-refractivity contribution in [1.82, 2.24) is 5.32 Å². The number of amides is 4. The number of urea groups is 1. The Bertz CT molecular complexity index is 1560. The monoisotopic (exact) mass is 604 g/mol. The zero-order chi connectivity index (χ0) is 29.0. The molecule has 1 fully saturated rings. The van der Waals surface area contributed by atoms with Gasteiger partial charge in [0.2, 0.25) is 0 Å². The van der Waals surface area contributed by atoms with Crippen LogP contribution >= 0.6 is 15.9 Å². The number of carbonyl (C=O) groups is 4. The van der Waals surface area contributed by atoms with Crippen LogP contribution < -0.4 is 19.7 Å². The molecule has 3 aromatic carbocycles. The minimum atomic E-state index is -1.02. The highest BCUT2D eigenvalue weighted by Crippen LogP contribution is 2.35. The summed E-state index contributed by atoms with van der Waals surface area (Å²) >= 11 is 3.40. The number of rotatable bonds is 9. The Morgan fingerprint density at radius 2 is 1.82 bits per heavy atom. The number of benzene rings is 3. The second-order valence-electron chi connectivity index (χ2n) is 8.89. The van der Waals surface area contributed by atoms with Gasteiger partial charge >= 0.3 is 12.0 Å². The number of nitrogens with one attached hydrogen (secondary N) is 1. The third-order valence-corrected chi connectivity index (χ3v) is 7.02.